The van der Waals surface area contributed by atoms with E-state index in [0.29, 0.717) is 29.3 Å². The van der Waals surface area contributed by atoms with Crippen molar-refractivity contribution >= 4 is 11.6 Å². The lowest BCUT2D eigenvalue weighted by Crippen LogP contribution is -2.30. The highest BCUT2D eigenvalue weighted by Crippen LogP contribution is 2.32. The molecule has 0 saturated carbocycles. The Morgan fingerprint density at radius 2 is 1.59 bits per heavy atom. The Bertz CT molecular complexity index is 1220. The third-order valence-electron chi connectivity index (χ3n) is 5.01. The number of carbonyl (C=O) groups excluding carboxylic acids is 1. The summed E-state index contributed by atoms with van der Waals surface area (Å²) in [4.78, 5) is 15.0. The van der Waals surface area contributed by atoms with E-state index in [1.165, 1.54) is 12.1 Å². The van der Waals surface area contributed by atoms with Crippen molar-refractivity contribution in [3.8, 4) is 23.0 Å². The zero-order valence-electron chi connectivity index (χ0n) is 17.6. The summed E-state index contributed by atoms with van der Waals surface area (Å²) in [6.07, 6.45) is 0. The van der Waals surface area contributed by atoms with Crippen LogP contribution >= 0.6 is 0 Å². The molecule has 4 aromatic rings. The van der Waals surface area contributed by atoms with E-state index in [0.717, 1.165) is 11.1 Å². The fraction of sp³-hybridized carbons (Fsp3) is 0.0741. The Hall–Kier alpha value is -4.25. The molecule has 0 spiro atoms. The van der Waals surface area contributed by atoms with Gasteiger partial charge in [-0.1, -0.05) is 42.5 Å². The molecule has 0 aromatic heterocycles. The molecule has 0 aliphatic rings. The fourth-order valence-electron chi connectivity index (χ4n) is 3.38. The van der Waals surface area contributed by atoms with E-state index < -0.39 is 0 Å². The number of amides is 1. The largest absolute Gasteiger partial charge is 0.508 e. The summed E-state index contributed by atoms with van der Waals surface area (Å²) in [7, 11) is 0. The molecular formula is C27H23NO4. The topological polar surface area (TPSA) is 70.0 Å². The van der Waals surface area contributed by atoms with E-state index in [-0.39, 0.29) is 17.4 Å². The molecule has 0 aliphatic heterocycles. The van der Waals surface area contributed by atoms with Gasteiger partial charge in [-0.2, -0.15) is 0 Å². The van der Waals surface area contributed by atoms with Crippen LogP contribution < -0.4 is 9.64 Å². The van der Waals surface area contributed by atoms with Crippen molar-refractivity contribution in [1.29, 1.82) is 0 Å². The van der Waals surface area contributed by atoms with Crippen molar-refractivity contribution in [1.82, 2.24) is 0 Å². The highest BCUT2D eigenvalue weighted by Gasteiger charge is 2.19. The van der Waals surface area contributed by atoms with Crippen molar-refractivity contribution in [2.45, 2.75) is 13.5 Å². The number of aromatic hydroxyl groups is 2. The standard InChI is InChI=1S/C27H23NO4/c1-19-10-15-26(25(30)16-19)32-24-13-11-22(12-14-24)28(18-20-6-3-2-4-7-20)27(31)21-8-5-9-23(29)17-21/h2-17,29-30H,18H2,1H3. The van der Waals surface area contributed by atoms with Crippen molar-refractivity contribution in [2.75, 3.05) is 4.90 Å². The van der Waals surface area contributed by atoms with E-state index in [2.05, 4.69) is 0 Å². The van der Waals surface area contributed by atoms with Crippen molar-refractivity contribution < 1.29 is 19.7 Å². The van der Waals surface area contributed by atoms with Gasteiger partial charge in [0.25, 0.3) is 5.91 Å². The fourth-order valence-corrected chi connectivity index (χ4v) is 3.38. The third kappa shape index (κ3) is 4.90. The second kappa shape index (κ2) is 9.27. The molecule has 0 fully saturated rings. The summed E-state index contributed by atoms with van der Waals surface area (Å²) < 4.78 is 5.79. The van der Waals surface area contributed by atoms with Crippen LogP contribution in [0.2, 0.25) is 0 Å². The number of hydrogen-bond donors (Lipinski definition) is 2. The number of carbonyl (C=O) groups is 1. The van der Waals surface area contributed by atoms with E-state index in [9.17, 15) is 15.0 Å². The smallest absolute Gasteiger partial charge is 0.258 e. The molecular weight excluding hydrogens is 402 g/mol. The number of benzene rings is 4. The zero-order valence-corrected chi connectivity index (χ0v) is 17.6. The van der Waals surface area contributed by atoms with E-state index in [1.807, 2.05) is 43.3 Å². The summed E-state index contributed by atoms with van der Waals surface area (Å²) in [5, 5.41) is 19.9. The Morgan fingerprint density at radius 3 is 2.28 bits per heavy atom. The number of anilines is 1. The minimum absolute atomic E-state index is 0.0390. The third-order valence-corrected chi connectivity index (χ3v) is 5.01. The Morgan fingerprint density at radius 1 is 0.844 bits per heavy atom. The maximum atomic E-state index is 13.3. The summed E-state index contributed by atoms with van der Waals surface area (Å²) >= 11 is 0. The lowest BCUT2D eigenvalue weighted by atomic mass is 10.1. The molecule has 2 N–H and O–H groups in total. The number of rotatable bonds is 6. The second-order valence-corrected chi connectivity index (χ2v) is 7.49. The normalized spacial score (nSPS) is 10.5. The number of ether oxygens (including phenoxy) is 1. The lowest BCUT2D eigenvalue weighted by molar-refractivity contribution is 0.0984. The van der Waals surface area contributed by atoms with E-state index in [1.54, 1.807) is 53.4 Å². The van der Waals surface area contributed by atoms with Gasteiger partial charge in [0, 0.05) is 11.3 Å². The van der Waals surface area contributed by atoms with Gasteiger partial charge in [0.2, 0.25) is 0 Å². The van der Waals surface area contributed by atoms with E-state index in [4.69, 9.17) is 4.74 Å². The van der Waals surface area contributed by atoms with Crippen LogP contribution in [0.3, 0.4) is 0 Å². The summed E-state index contributed by atoms with van der Waals surface area (Å²) in [6.45, 7) is 2.26. The van der Waals surface area contributed by atoms with E-state index >= 15 is 0 Å². The maximum absolute atomic E-state index is 13.3. The van der Waals surface area contributed by atoms with Crippen molar-refractivity contribution in [3.63, 3.8) is 0 Å². The maximum Gasteiger partial charge on any atom is 0.258 e. The molecule has 1 amide bonds. The van der Waals surface area contributed by atoms with Crippen LogP contribution in [0, 0.1) is 6.92 Å². The van der Waals surface area contributed by atoms with Crippen molar-refractivity contribution in [3.05, 3.63) is 114 Å². The summed E-state index contributed by atoms with van der Waals surface area (Å²) in [5.41, 5.74) is 2.99. The van der Waals surface area contributed by atoms with Gasteiger partial charge in [-0.3, -0.25) is 4.79 Å². The molecule has 0 radical (unpaired) electrons. The molecule has 0 atom stereocenters. The highest BCUT2D eigenvalue weighted by atomic mass is 16.5. The molecule has 0 saturated heterocycles. The molecule has 4 aromatic carbocycles. The van der Waals surface area contributed by atoms with Gasteiger partial charge in [-0.05, 0) is 72.6 Å². The number of aryl methyl sites for hydroxylation is 1. The molecule has 32 heavy (non-hydrogen) atoms. The number of hydrogen-bond acceptors (Lipinski definition) is 4. The first kappa shape index (κ1) is 21.0. The van der Waals surface area contributed by atoms with Crippen LogP contribution in [0.15, 0.2) is 97.1 Å². The predicted octanol–water partition coefficient (Wildman–Crippen LogP) is 6.05. The molecule has 4 rings (SSSR count). The molecule has 160 valence electrons. The average molecular weight is 425 g/mol. The van der Waals surface area contributed by atoms with Gasteiger partial charge in [-0.15, -0.1) is 0 Å². The molecule has 5 heteroatoms. The Labute approximate surface area is 186 Å². The van der Waals surface area contributed by atoms with Gasteiger partial charge in [0.15, 0.2) is 11.5 Å². The Kier molecular flexibility index (Phi) is 6.08. The lowest BCUT2D eigenvalue weighted by Gasteiger charge is -2.23. The van der Waals surface area contributed by atoms with Crippen molar-refractivity contribution in [2.24, 2.45) is 0 Å². The molecule has 5 nitrogen and oxygen atoms in total. The average Bonchev–Trinajstić information content (AvgIpc) is 2.80. The second-order valence-electron chi connectivity index (χ2n) is 7.49. The molecule has 0 unspecified atom stereocenters. The molecule has 0 heterocycles. The van der Waals surface area contributed by atoms with Gasteiger partial charge in [0.05, 0.1) is 6.54 Å². The Balaban J connectivity index is 1.62. The van der Waals surface area contributed by atoms with Crippen LogP contribution in [0.25, 0.3) is 0 Å². The predicted molar refractivity (Wildman–Crippen MR) is 124 cm³/mol. The first-order chi connectivity index (χ1) is 15.5. The monoisotopic (exact) mass is 425 g/mol. The van der Waals surface area contributed by atoms with Crippen LogP contribution in [0.1, 0.15) is 21.5 Å². The minimum Gasteiger partial charge on any atom is -0.508 e. The first-order valence-electron chi connectivity index (χ1n) is 10.2. The highest BCUT2D eigenvalue weighted by molar-refractivity contribution is 6.06. The summed E-state index contributed by atoms with van der Waals surface area (Å²) in [6, 6.07) is 28.3. The van der Waals surface area contributed by atoms with Gasteiger partial charge in [0.1, 0.15) is 11.5 Å². The minimum atomic E-state index is -0.227. The number of phenols is 2. The quantitative estimate of drug-likeness (QED) is 0.395. The molecule has 0 bridgehead atoms. The SMILES string of the molecule is Cc1ccc(Oc2ccc(N(Cc3ccccc3)C(=O)c3cccc(O)c3)cc2)c(O)c1. The van der Waals surface area contributed by atoms with Gasteiger partial charge < -0.3 is 19.8 Å². The number of nitrogens with zero attached hydrogens (tertiary/aromatic N) is 1. The van der Waals surface area contributed by atoms with Gasteiger partial charge >= 0.3 is 0 Å². The van der Waals surface area contributed by atoms with Crippen LogP contribution in [-0.2, 0) is 6.54 Å². The van der Waals surface area contributed by atoms with Crippen LogP contribution in [0.5, 0.6) is 23.0 Å². The van der Waals surface area contributed by atoms with Crippen LogP contribution in [0.4, 0.5) is 5.69 Å². The molecule has 0 aliphatic carbocycles. The summed E-state index contributed by atoms with van der Waals surface area (Å²) in [5.74, 6) is 0.781. The number of phenolic OH excluding ortho intramolecular Hbond substituents is 2. The van der Waals surface area contributed by atoms with Crippen LogP contribution in [-0.4, -0.2) is 16.1 Å². The zero-order chi connectivity index (χ0) is 22.5. The first-order valence-corrected chi connectivity index (χ1v) is 10.2. The van der Waals surface area contributed by atoms with Gasteiger partial charge in [-0.25, -0.2) is 0 Å².